The van der Waals surface area contributed by atoms with Gasteiger partial charge in [0.2, 0.25) is 0 Å². The van der Waals surface area contributed by atoms with Gasteiger partial charge in [-0.05, 0) is 38.0 Å². The second kappa shape index (κ2) is 6.42. The normalized spacial score (nSPS) is 16.4. The summed E-state index contributed by atoms with van der Waals surface area (Å²) in [4.78, 5) is 14.7. The maximum atomic E-state index is 13.2. The summed E-state index contributed by atoms with van der Waals surface area (Å²) in [6.07, 6.45) is 5.80. The number of carbonyl (C=O) groups is 1. The SMILES string of the molecule is CCN(C(=O)c1ccc(F)c(S)c1)C1CCCCC1. The quantitative estimate of drug-likeness (QED) is 0.833. The van der Waals surface area contributed by atoms with Crippen LogP contribution in [0.3, 0.4) is 0 Å². The highest BCUT2D eigenvalue weighted by atomic mass is 32.1. The fourth-order valence-electron chi connectivity index (χ4n) is 2.77. The fourth-order valence-corrected chi connectivity index (χ4v) is 2.99. The highest BCUT2D eigenvalue weighted by Crippen LogP contribution is 2.24. The lowest BCUT2D eigenvalue weighted by Crippen LogP contribution is -2.41. The molecule has 1 fully saturated rings. The van der Waals surface area contributed by atoms with Crippen molar-refractivity contribution < 1.29 is 9.18 Å². The Morgan fingerprint density at radius 3 is 2.63 bits per heavy atom. The van der Waals surface area contributed by atoms with E-state index in [0.29, 0.717) is 18.2 Å². The molecular formula is C15H20FNOS. The summed E-state index contributed by atoms with van der Waals surface area (Å²) in [5.74, 6) is -0.398. The minimum absolute atomic E-state index is 0.00954. The minimum Gasteiger partial charge on any atom is -0.336 e. The van der Waals surface area contributed by atoms with E-state index >= 15 is 0 Å². The highest BCUT2D eigenvalue weighted by Gasteiger charge is 2.25. The van der Waals surface area contributed by atoms with Gasteiger partial charge in [-0.2, -0.15) is 0 Å². The van der Waals surface area contributed by atoms with E-state index in [1.54, 1.807) is 6.07 Å². The van der Waals surface area contributed by atoms with Gasteiger partial charge in [-0.1, -0.05) is 19.3 Å². The predicted octanol–water partition coefficient (Wildman–Crippen LogP) is 3.91. The first kappa shape index (κ1) is 14.4. The Bertz CT molecular complexity index is 457. The Hall–Kier alpha value is -1.03. The van der Waals surface area contributed by atoms with Gasteiger partial charge < -0.3 is 4.90 Å². The van der Waals surface area contributed by atoms with Crippen LogP contribution in [-0.4, -0.2) is 23.4 Å². The van der Waals surface area contributed by atoms with Crippen LogP contribution in [0, 0.1) is 5.82 Å². The van der Waals surface area contributed by atoms with Crippen LogP contribution in [0.4, 0.5) is 4.39 Å². The molecule has 0 bridgehead atoms. The van der Waals surface area contributed by atoms with Crippen LogP contribution >= 0.6 is 12.6 Å². The molecular weight excluding hydrogens is 261 g/mol. The first-order valence-corrected chi connectivity index (χ1v) is 7.37. The van der Waals surface area contributed by atoms with Crippen molar-refractivity contribution in [1.82, 2.24) is 4.90 Å². The van der Waals surface area contributed by atoms with Gasteiger partial charge in [0.05, 0.1) is 0 Å². The maximum absolute atomic E-state index is 13.2. The van der Waals surface area contributed by atoms with Crippen molar-refractivity contribution in [3.05, 3.63) is 29.6 Å². The molecule has 0 atom stereocenters. The molecule has 104 valence electrons. The van der Waals surface area contributed by atoms with Crippen LogP contribution in [0.25, 0.3) is 0 Å². The number of halogens is 1. The van der Waals surface area contributed by atoms with E-state index in [9.17, 15) is 9.18 Å². The summed E-state index contributed by atoms with van der Waals surface area (Å²) in [6, 6.07) is 4.71. The van der Waals surface area contributed by atoms with Gasteiger partial charge in [0, 0.05) is 23.0 Å². The van der Waals surface area contributed by atoms with E-state index < -0.39 is 0 Å². The Balaban J connectivity index is 2.17. The Kier molecular flexibility index (Phi) is 4.86. The molecule has 1 amide bonds. The summed E-state index contributed by atoms with van der Waals surface area (Å²) >= 11 is 4.04. The topological polar surface area (TPSA) is 20.3 Å². The Labute approximate surface area is 119 Å². The second-order valence-corrected chi connectivity index (χ2v) is 5.53. The largest absolute Gasteiger partial charge is 0.336 e. The van der Waals surface area contributed by atoms with Gasteiger partial charge in [-0.15, -0.1) is 12.6 Å². The Morgan fingerprint density at radius 2 is 2.05 bits per heavy atom. The number of carbonyl (C=O) groups excluding carboxylic acids is 1. The van der Waals surface area contributed by atoms with Crippen molar-refractivity contribution in [2.75, 3.05) is 6.54 Å². The minimum atomic E-state index is -0.388. The number of benzene rings is 1. The number of nitrogens with zero attached hydrogens (tertiary/aromatic N) is 1. The maximum Gasteiger partial charge on any atom is 0.254 e. The number of hydrogen-bond acceptors (Lipinski definition) is 2. The summed E-state index contributed by atoms with van der Waals surface area (Å²) < 4.78 is 13.2. The van der Waals surface area contributed by atoms with Crippen molar-refractivity contribution in [2.24, 2.45) is 0 Å². The number of hydrogen-bond donors (Lipinski definition) is 1. The summed E-state index contributed by atoms with van der Waals surface area (Å²) in [6.45, 7) is 2.69. The van der Waals surface area contributed by atoms with Crippen LogP contribution in [0.15, 0.2) is 23.1 Å². The molecule has 1 aromatic carbocycles. The molecule has 2 rings (SSSR count). The molecule has 0 saturated heterocycles. The monoisotopic (exact) mass is 281 g/mol. The van der Waals surface area contributed by atoms with Crippen molar-refractivity contribution in [1.29, 1.82) is 0 Å². The van der Waals surface area contributed by atoms with Crippen LogP contribution < -0.4 is 0 Å². The average Bonchev–Trinajstić information content (AvgIpc) is 2.44. The Morgan fingerprint density at radius 1 is 1.37 bits per heavy atom. The molecule has 2 nitrogen and oxygen atoms in total. The van der Waals surface area contributed by atoms with E-state index in [0.717, 1.165) is 12.8 Å². The van der Waals surface area contributed by atoms with Gasteiger partial charge in [0.15, 0.2) is 0 Å². The third kappa shape index (κ3) is 3.30. The van der Waals surface area contributed by atoms with Crippen LogP contribution in [-0.2, 0) is 0 Å². The van der Waals surface area contributed by atoms with E-state index in [1.807, 2.05) is 11.8 Å². The molecule has 0 radical (unpaired) electrons. The van der Waals surface area contributed by atoms with E-state index in [1.165, 1.54) is 31.4 Å². The fraction of sp³-hybridized carbons (Fsp3) is 0.533. The molecule has 0 unspecified atom stereocenters. The van der Waals surface area contributed by atoms with E-state index in [2.05, 4.69) is 12.6 Å². The van der Waals surface area contributed by atoms with Gasteiger partial charge >= 0.3 is 0 Å². The number of rotatable bonds is 3. The molecule has 1 aromatic rings. The van der Waals surface area contributed by atoms with Crippen LogP contribution in [0.1, 0.15) is 49.4 Å². The third-order valence-electron chi connectivity index (χ3n) is 3.81. The molecule has 0 N–H and O–H groups in total. The highest BCUT2D eigenvalue weighted by molar-refractivity contribution is 7.80. The average molecular weight is 281 g/mol. The summed E-state index contributed by atoms with van der Waals surface area (Å²) in [7, 11) is 0. The lowest BCUT2D eigenvalue weighted by Gasteiger charge is -2.33. The van der Waals surface area contributed by atoms with E-state index in [-0.39, 0.29) is 16.6 Å². The standard InChI is InChI=1S/C15H20FNOS/c1-2-17(12-6-4-3-5-7-12)15(18)11-8-9-13(16)14(19)10-11/h8-10,12,19H,2-7H2,1H3. The number of thiol groups is 1. The smallest absolute Gasteiger partial charge is 0.254 e. The van der Waals surface area contributed by atoms with Crippen molar-refractivity contribution in [3.63, 3.8) is 0 Å². The molecule has 19 heavy (non-hydrogen) atoms. The van der Waals surface area contributed by atoms with Gasteiger partial charge in [0.1, 0.15) is 5.82 Å². The lowest BCUT2D eigenvalue weighted by atomic mass is 9.93. The summed E-state index contributed by atoms with van der Waals surface area (Å²) in [5.41, 5.74) is 0.527. The molecule has 0 heterocycles. The predicted molar refractivity (Wildman–Crippen MR) is 77.2 cm³/mol. The van der Waals surface area contributed by atoms with E-state index in [4.69, 9.17) is 0 Å². The molecule has 0 aromatic heterocycles. The van der Waals surface area contributed by atoms with Gasteiger partial charge in [-0.3, -0.25) is 4.79 Å². The lowest BCUT2D eigenvalue weighted by molar-refractivity contribution is 0.0647. The van der Waals surface area contributed by atoms with Crippen molar-refractivity contribution >= 4 is 18.5 Å². The zero-order chi connectivity index (χ0) is 13.8. The zero-order valence-electron chi connectivity index (χ0n) is 11.2. The number of amides is 1. The first-order valence-electron chi connectivity index (χ1n) is 6.93. The molecule has 4 heteroatoms. The van der Waals surface area contributed by atoms with Gasteiger partial charge in [-0.25, -0.2) is 4.39 Å². The molecule has 1 aliphatic carbocycles. The van der Waals surface area contributed by atoms with Crippen molar-refractivity contribution in [3.8, 4) is 0 Å². The molecule has 0 spiro atoms. The van der Waals surface area contributed by atoms with Crippen LogP contribution in [0.2, 0.25) is 0 Å². The molecule has 1 aliphatic rings. The van der Waals surface area contributed by atoms with Crippen LogP contribution in [0.5, 0.6) is 0 Å². The molecule has 1 saturated carbocycles. The van der Waals surface area contributed by atoms with Gasteiger partial charge in [0.25, 0.3) is 5.91 Å². The second-order valence-electron chi connectivity index (χ2n) is 5.05. The zero-order valence-corrected chi connectivity index (χ0v) is 12.1. The third-order valence-corrected chi connectivity index (χ3v) is 4.15. The first-order chi connectivity index (χ1) is 9.13. The molecule has 0 aliphatic heterocycles. The van der Waals surface area contributed by atoms with Crippen molar-refractivity contribution in [2.45, 2.75) is 50.0 Å². The summed E-state index contributed by atoms with van der Waals surface area (Å²) in [5, 5.41) is 0.